The second kappa shape index (κ2) is 5.01. The predicted molar refractivity (Wildman–Crippen MR) is 67.6 cm³/mol. The van der Waals surface area contributed by atoms with Crippen molar-refractivity contribution in [2.45, 2.75) is 13.3 Å². The molecule has 2 aromatic rings. The SMILES string of the molecule is CCC(=O)Nc1cc(F)cc2c(C(=O)O)nccc12. The molecule has 5 nitrogen and oxygen atoms in total. The largest absolute Gasteiger partial charge is 0.476 e. The number of hydrogen-bond acceptors (Lipinski definition) is 3. The zero-order valence-corrected chi connectivity index (χ0v) is 10.1. The number of pyridine rings is 1. The number of carboxylic acid groups (broad SMARTS) is 1. The molecule has 1 aromatic carbocycles. The number of rotatable bonds is 3. The third kappa shape index (κ3) is 2.52. The number of halogens is 1. The molecule has 0 aliphatic heterocycles. The second-order valence-electron chi connectivity index (χ2n) is 3.91. The first-order valence-corrected chi connectivity index (χ1v) is 5.64. The minimum atomic E-state index is -1.25. The van der Waals surface area contributed by atoms with Crippen LogP contribution in [0.4, 0.5) is 10.1 Å². The van der Waals surface area contributed by atoms with Crippen molar-refractivity contribution in [1.29, 1.82) is 0 Å². The maximum Gasteiger partial charge on any atom is 0.355 e. The van der Waals surface area contributed by atoms with Crippen LogP contribution >= 0.6 is 0 Å². The molecule has 0 atom stereocenters. The third-order valence-electron chi connectivity index (χ3n) is 2.64. The first-order valence-electron chi connectivity index (χ1n) is 5.64. The molecule has 0 fully saturated rings. The minimum Gasteiger partial charge on any atom is -0.476 e. The number of carboxylic acids is 1. The molecule has 0 saturated carbocycles. The molecule has 19 heavy (non-hydrogen) atoms. The van der Waals surface area contributed by atoms with Gasteiger partial charge in [0.05, 0.1) is 5.69 Å². The molecule has 2 rings (SSSR count). The van der Waals surface area contributed by atoms with Gasteiger partial charge >= 0.3 is 5.97 Å². The number of amides is 1. The van der Waals surface area contributed by atoms with E-state index in [0.29, 0.717) is 5.39 Å². The van der Waals surface area contributed by atoms with Crippen molar-refractivity contribution in [2.75, 3.05) is 5.32 Å². The van der Waals surface area contributed by atoms with Crippen LogP contribution in [0.25, 0.3) is 10.8 Å². The fourth-order valence-electron chi connectivity index (χ4n) is 1.76. The van der Waals surface area contributed by atoms with Gasteiger partial charge in [0.25, 0.3) is 0 Å². The molecule has 0 aliphatic carbocycles. The molecule has 98 valence electrons. The van der Waals surface area contributed by atoms with E-state index in [4.69, 9.17) is 5.11 Å². The van der Waals surface area contributed by atoms with Gasteiger partial charge in [-0.15, -0.1) is 0 Å². The van der Waals surface area contributed by atoms with Crippen molar-refractivity contribution in [3.8, 4) is 0 Å². The summed E-state index contributed by atoms with van der Waals surface area (Å²) in [7, 11) is 0. The van der Waals surface area contributed by atoms with Crippen molar-refractivity contribution in [3.63, 3.8) is 0 Å². The quantitative estimate of drug-likeness (QED) is 0.890. The lowest BCUT2D eigenvalue weighted by molar-refractivity contribution is -0.115. The summed E-state index contributed by atoms with van der Waals surface area (Å²) in [5, 5.41) is 12.2. The lowest BCUT2D eigenvalue weighted by Gasteiger charge is -2.09. The first kappa shape index (κ1) is 12.9. The van der Waals surface area contributed by atoms with E-state index >= 15 is 0 Å². The van der Waals surface area contributed by atoms with Gasteiger partial charge in [-0.3, -0.25) is 4.79 Å². The van der Waals surface area contributed by atoms with Crippen LogP contribution in [0.5, 0.6) is 0 Å². The molecule has 6 heteroatoms. The number of carbonyl (C=O) groups is 2. The summed E-state index contributed by atoms with van der Waals surface area (Å²) < 4.78 is 13.5. The van der Waals surface area contributed by atoms with E-state index in [1.807, 2.05) is 0 Å². The fourth-order valence-corrected chi connectivity index (χ4v) is 1.76. The van der Waals surface area contributed by atoms with Crippen molar-refractivity contribution in [2.24, 2.45) is 0 Å². The highest BCUT2D eigenvalue weighted by molar-refractivity contribution is 6.08. The van der Waals surface area contributed by atoms with Gasteiger partial charge < -0.3 is 10.4 Å². The van der Waals surface area contributed by atoms with Crippen LogP contribution in [-0.2, 0) is 4.79 Å². The van der Waals surface area contributed by atoms with Crippen molar-refractivity contribution in [3.05, 3.63) is 35.9 Å². The Labute approximate surface area is 108 Å². The predicted octanol–water partition coefficient (Wildman–Crippen LogP) is 2.42. The Balaban J connectivity index is 2.68. The molecule has 2 N–H and O–H groups in total. The standard InChI is InChI=1S/C13H11FN2O3/c1-2-11(17)16-10-6-7(14)5-9-8(10)3-4-15-12(9)13(18)19/h3-6H,2H2,1H3,(H,16,17)(H,18,19). The molecule has 1 amide bonds. The zero-order valence-electron chi connectivity index (χ0n) is 10.1. The summed E-state index contributed by atoms with van der Waals surface area (Å²) in [6, 6.07) is 3.78. The van der Waals surface area contributed by atoms with Gasteiger partial charge in [-0.1, -0.05) is 6.92 Å². The molecule has 1 heterocycles. The van der Waals surface area contributed by atoms with Gasteiger partial charge in [0.1, 0.15) is 5.82 Å². The van der Waals surface area contributed by atoms with Crippen LogP contribution in [-0.4, -0.2) is 22.0 Å². The average Bonchev–Trinajstić information content (AvgIpc) is 2.37. The van der Waals surface area contributed by atoms with E-state index in [1.165, 1.54) is 12.3 Å². The molecule has 0 unspecified atom stereocenters. The van der Waals surface area contributed by atoms with Crippen LogP contribution in [0.3, 0.4) is 0 Å². The smallest absolute Gasteiger partial charge is 0.355 e. The summed E-state index contributed by atoms with van der Waals surface area (Å²) in [6.07, 6.45) is 1.56. The highest BCUT2D eigenvalue weighted by atomic mass is 19.1. The summed E-state index contributed by atoms with van der Waals surface area (Å²) in [5.74, 6) is -2.15. The Morgan fingerprint density at radius 3 is 2.74 bits per heavy atom. The molecule has 0 bridgehead atoms. The third-order valence-corrected chi connectivity index (χ3v) is 2.64. The van der Waals surface area contributed by atoms with Crippen LogP contribution in [0.2, 0.25) is 0 Å². The van der Waals surface area contributed by atoms with E-state index in [9.17, 15) is 14.0 Å². The van der Waals surface area contributed by atoms with Crippen LogP contribution in [0.1, 0.15) is 23.8 Å². The van der Waals surface area contributed by atoms with Crippen molar-refractivity contribution >= 4 is 28.3 Å². The second-order valence-corrected chi connectivity index (χ2v) is 3.91. The normalized spacial score (nSPS) is 10.4. The number of benzene rings is 1. The Kier molecular flexibility index (Phi) is 3.41. The van der Waals surface area contributed by atoms with E-state index in [0.717, 1.165) is 12.1 Å². The van der Waals surface area contributed by atoms with Gasteiger partial charge in [0.2, 0.25) is 5.91 Å². The van der Waals surface area contributed by atoms with Gasteiger partial charge in [0, 0.05) is 23.4 Å². The molecular formula is C13H11FN2O3. The zero-order chi connectivity index (χ0) is 14.0. The van der Waals surface area contributed by atoms with Crippen LogP contribution < -0.4 is 5.32 Å². The van der Waals surface area contributed by atoms with Gasteiger partial charge in [-0.25, -0.2) is 14.2 Å². The van der Waals surface area contributed by atoms with Gasteiger partial charge in [-0.05, 0) is 18.2 Å². The number of fused-ring (bicyclic) bond motifs is 1. The topological polar surface area (TPSA) is 79.3 Å². The number of aromatic nitrogens is 1. The van der Waals surface area contributed by atoms with Gasteiger partial charge in [-0.2, -0.15) is 0 Å². The summed E-state index contributed by atoms with van der Waals surface area (Å²) in [6.45, 7) is 1.67. The summed E-state index contributed by atoms with van der Waals surface area (Å²) >= 11 is 0. The monoisotopic (exact) mass is 262 g/mol. The maximum absolute atomic E-state index is 13.5. The van der Waals surface area contributed by atoms with Gasteiger partial charge in [0.15, 0.2) is 5.69 Å². The number of carbonyl (C=O) groups excluding carboxylic acids is 1. The van der Waals surface area contributed by atoms with Crippen molar-refractivity contribution in [1.82, 2.24) is 4.98 Å². The number of nitrogens with one attached hydrogen (secondary N) is 1. The molecule has 0 saturated heterocycles. The van der Waals surface area contributed by atoms with Crippen LogP contribution in [0, 0.1) is 5.82 Å². The average molecular weight is 262 g/mol. The van der Waals surface area contributed by atoms with E-state index in [1.54, 1.807) is 6.92 Å². The lowest BCUT2D eigenvalue weighted by Crippen LogP contribution is -2.11. The Hall–Kier alpha value is -2.50. The molecule has 1 aromatic heterocycles. The Morgan fingerprint density at radius 1 is 1.37 bits per heavy atom. The highest BCUT2D eigenvalue weighted by Crippen LogP contribution is 2.27. The number of anilines is 1. The number of aromatic carboxylic acids is 1. The summed E-state index contributed by atoms with van der Waals surface area (Å²) in [5.41, 5.74) is -0.00394. The Bertz CT molecular complexity index is 670. The van der Waals surface area contributed by atoms with Crippen LogP contribution in [0.15, 0.2) is 24.4 Å². The van der Waals surface area contributed by atoms with E-state index in [2.05, 4.69) is 10.3 Å². The van der Waals surface area contributed by atoms with Crippen molar-refractivity contribution < 1.29 is 19.1 Å². The van der Waals surface area contributed by atoms with E-state index in [-0.39, 0.29) is 29.1 Å². The summed E-state index contributed by atoms with van der Waals surface area (Å²) in [4.78, 5) is 26.1. The molecule has 0 aliphatic rings. The number of hydrogen-bond donors (Lipinski definition) is 2. The highest BCUT2D eigenvalue weighted by Gasteiger charge is 2.14. The van der Waals surface area contributed by atoms with E-state index < -0.39 is 11.8 Å². The molecule has 0 spiro atoms. The maximum atomic E-state index is 13.5. The Morgan fingerprint density at radius 2 is 2.11 bits per heavy atom. The lowest BCUT2D eigenvalue weighted by atomic mass is 10.1. The molecular weight excluding hydrogens is 251 g/mol. The fraction of sp³-hybridized carbons (Fsp3) is 0.154. The number of nitrogens with zero attached hydrogens (tertiary/aromatic N) is 1. The first-order chi connectivity index (χ1) is 9.02. The minimum absolute atomic E-state index is 0.154. The molecule has 0 radical (unpaired) electrons.